The molecule has 18 heteroatoms. The molecule has 0 amide bonds. The van der Waals surface area contributed by atoms with E-state index < -0.39 is 91.6 Å². The molecule has 48 heavy (non-hydrogen) atoms. The van der Waals surface area contributed by atoms with Gasteiger partial charge in [0.15, 0.2) is 0 Å². The van der Waals surface area contributed by atoms with E-state index in [1.165, 1.54) is 41.5 Å². The first-order valence-electron chi connectivity index (χ1n) is 13.7. The molecule has 2 aromatic carbocycles. The normalized spacial score (nSPS) is 15.2. The molecule has 0 aliphatic heterocycles. The minimum absolute atomic E-state index is 0.00535. The van der Waals surface area contributed by atoms with Crippen LogP contribution in [0, 0.1) is 13.8 Å². The van der Waals surface area contributed by atoms with Crippen LogP contribution in [-0.4, -0.2) is 35.5 Å². The molecule has 2 rings (SSSR count). The van der Waals surface area contributed by atoms with Gasteiger partial charge in [-0.1, -0.05) is 41.5 Å². The van der Waals surface area contributed by atoms with Gasteiger partial charge in [0, 0.05) is 22.5 Å². The lowest BCUT2D eigenvalue weighted by molar-refractivity contribution is -0.456. The Kier molecular flexibility index (Phi) is 9.60. The van der Waals surface area contributed by atoms with Crippen molar-refractivity contribution in [1.29, 1.82) is 0 Å². The van der Waals surface area contributed by atoms with Crippen molar-refractivity contribution in [2.45, 2.75) is 114 Å². The van der Waals surface area contributed by atoms with E-state index in [0.29, 0.717) is 0 Å². The summed E-state index contributed by atoms with van der Waals surface area (Å²) in [6.45, 7) is 9.33. The van der Waals surface area contributed by atoms with Crippen molar-refractivity contribution in [1.82, 2.24) is 0 Å². The van der Waals surface area contributed by atoms with E-state index in [4.69, 9.17) is 11.5 Å². The van der Waals surface area contributed by atoms with Gasteiger partial charge in [-0.15, -0.1) is 0 Å². The van der Waals surface area contributed by atoms with Crippen LogP contribution in [0.15, 0.2) is 24.3 Å². The van der Waals surface area contributed by atoms with Crippen LogP contribution in [0.2, 0.25) is 0 Å². The van der Waals surface area contributed by atoms with E-state index in [0.717, 1.165) is 13.8 Å². The molecule has 0 bridgehead atoms. The largest absolute Gasteiger partial charge is 0.398 e. The van der Waals surface area contributed by atoms with Crippen LogP contribution in [0.25, 0.3) is 0 Å². The maximum atomic E-state index is 15.1. The van der Waals surface area contributed by atoms with Crippen LogP contribution in [0.3, 0.4) is 0 Å². The molecule has 0 fully saturated rings. The highest BCUT2D eigenvalue weighted by Crippen LogP contribution is 2.66. The molecule has 0 atom stereocenters. The monoisotopic (exact) mass is 724 g/mol. The number of hydrogen-bond donors (Lipinski definition) is 2. The second-order valence-corrected chi connectivity index (χ2v) is 13.6. The summed E-state index contributed by atoms with van der Waals surface area (Å²) < 4.78 is 237. The fourth-order valence-corrected chi connectivity index (χ4v) is 4.75. The summed E-state index contributed by atoms with van der Waals surface area (Å²) in [4.78, 5) is 0. The standard InChI is InChI=1S/C30H32F16N2/c1-13-9-15(11-17(19(13)47)21(3,4)5)23(31,32)25(35,36)27(39,40)29(43,44)30(45,46)28(41,42)26(37,38)24(33,34)16-10-14(2)20(48)18(12-16)22(6,7)8/h9-12H,47-48H2,1-8H3. The van der Waals surface area contributed by atoms with Gasteiger partial charge in [0.2, 0.25) is 0 Å². The molecule has 274 valence electrons. The average molecular weight is 725 g/mol. The van der Waals surface area contributed by atoms with Gasteiger partial charge >= 0.3 is 47.4 Å². The Morgan fingerprint density at radius 2 is 0.583 bits per heavy atom. The van der Waals surface area contributed by atoms with Crippen molar-refractivity contribution in [3.63, 3.8) is 0 Å². The number of rotatable bonds is 9. The number of aryl methyl sites for hydroxylation is 2. The number of hydrogen-bond acceptors (Lipinski definition) is 2. The molecule has 2 aromatic rings. The van der Waals surface area contributed by atoms with Crippen molar-refractivity contribution in [3.05, 3.63) is 57.6 Å². The quantitative estimate of drug-likeness (QED) is 0.200. The lowest BCUT2D eigenvalue weighted by Gasteiger charge is -2.44. The molecule has 0 saturated heterocycles. The minimum Gasteiger partial charge on any atom is -0.398 e. The second-order valence-electron chi connectivity index (χ2n) is 13.6. The van der Waals surface area contributed by atoms with E-state index in [-0.39, 0.29) is 35.6 Å². The number of nitrogens with two attached hydrogens (primary N) is 2. The molecule has 0 spiro atoms. The predicted octanol–water partition coefficient (Wildman–Crippen LogP) is 10.8. The highest BCUT2D eigenvalue weighted by molar-refractivity contribution is 5.59. The fraction of sp³-hybridized carbons (Fsp3) is 0.600. The molecule has 0 aliphatic rings. The molecule has 0 unspecified atom stereocenters. The molecule has 4 N–H and O–H groups in total. The van der Waals surface area contributed by atoms with Crippen molar-refractivity contribution in [2.24, 2.45) is 0 Å². The van der Waals surface area contributed by atoms with Gasteiger partial charge in [-0.25, -0.2) is 0 Å². The van der Waals surface area contributed by atoms with Crippen LogP contribution < -0.4 is 11.5 Å². The predicted molar refractivity (Wildman–Crippen MR) is 146 cm³/mol. The molecule has 0 aliphatic carbocycles. The van der Waals surface area contributed by atoms with Crippen LogP contribution in [-0.2, 0) is 22.7 Å². The van der Waals surface area contributed by atoms with Gasteiger partial charge in [0.25, 0.3) is 0 Å². The maximum absolute atomic E-state index is 15.1. The molecule has 0 heterocycles. The molecule has 0 radical (unpaired) electrons. The fourth-order valence-electron chi connectivity index (χ4n) is 4.75. The maximum Gasteiger partial charge on any atom is 0.385 e. The van der Waals surface area contributed by atoms with Gasteiger partial charge in [0.05, 0.1) is 0 Å². The summed E-state index contributed by atoms with van der Waals surface area (Å²) >= 11 is 0. The third kappa shape index (κ3) is 5.61. The Labute approximate surface area is 264 Å². The lowest BCUT2D eigenvalue weighted by atomic mass is 9.80. The third-order valence-corrected chi connectivity index (χ3v) is 7.88. The summed E-state index contributed by atoms with van der Waals surface area (Å²) in [5, 5.41) is 0. The average Bonchev–Trinajstić information content (AvgIpc) is 2.89. The van der Waals surface area contributed by atoms with E-state index in [1.807, 2.05) is 0 Å². The zero-order valence-corrected chi connectivity index (χ0v) is 26.5. The van der Waals surface area contributed by atoms with Crippen LogP contribution in [0.1, 0.15) is 74.9 Å². The second kappa shape index (κ2) is 11.2. The highest BCUT2D eigenvalue weighted by Gasteiger charge is 2.95. The van der Waals surface area contributed by atoms with E-state index in [9.17, 15) is 52.7 Å². The Hall–Kier alpha value is -3.08. The van der Waals surface area contributed by atoms with Crippen molar-refractivity contribution in [2.75, 3.05) is 11.5 Å². The summed E-state index contributed by atoms with van der Waals surface area (Å²) in [5.41, 5.74) is 1.65. The minimum atomic E-state index is -8.54. The highest BCUT2D eigenvalue weighted by atomic mass is 19.4. The van der Waals surface area contributed by atoms with Gasteiger partial charge in [-0.2, -0.15) is 70.2 Å². The van der Waals surface area contributed by atoms with E-state index in [1.54, 1.807) is 0 Å². The van der Waals surface area contributed by atoms with Crippen molar-refractivity contribution < 1.29 is 70.2 Å². The lowest BCUT2D eigenvalue weighted by Crippen LogP contribution is -2.74. The Bertz CT molecular complexity index is 1430. The summed E-state index contributed by atoms with van der Waals surface area (Å²) in [7, 11) is 0. The number of benzene rings is 2. The van der Waals surface area contributed by atoms with Crippen LogP contribution in [0.4, 0.5) is 81.6 Å². The Morgan fingerprint density at radius 3 is 0.792 bits per heavy atom. The zero-order chi connectivity index (χ0) is 38.4. The van der Waals surface area contributed by atoms with E-state index >= 15 is 17.6 Å². The molecule has 0 aromatic heterocycles. The summed E-state index contributed by atoms with van der Waals surface area (Å²) in [6.07, 6.45) is 0. The number of nitrogen functional groups attached to an aromatic ring is 2. The number of alkyl halides is 16. The van der Waals surface area contributed by atoms with Crippen molar-refractivity contribution >= 4 is 11.4 Å². The number of halogens is 16. The summed E-state index contributed by atoms with van der Waals surface area (Å²) in [5.74, 6) is -62.4. The van der Waals surface area contributed by atoms with Gasteiger partial charge in [0.1, 0.15) is 0 Å². The molecule has 2 nitrogen and oxygen atoms in total. The van der Waals surface area contributed by atoms with Gasteiger partial charge in [-0.3, -0.25) is 0 Å². The van der Waals surface area contributed by atoms with Gasteiger partial charge in [-0.05, 0) is 71.2 Å². The Balaban J connectivity index is 2.80. The first-order valence-corrected chi connectivity index (χ1v) is 13.7. The SMILES string of the molecule is Cc1cc(C(F)(F)C(F)(F)C(F)(F)C(F)(F)C(F)(F)C(F)(F)C(F)(F)C(F)(F)c2cc(C)c(N)c(C(C)(C)C)c2)cc(C(C)(C)C)c1N. The first-order chi connectivity index (χ1) is 20.8. The molecular formula is C30H32F16N2. The Morgan fingerprint density at radius 1 is 0.375 bits per heavy atom. The van der Waals surface area contributed by atoms with Gasteiger partial charge < -0.3 is 11.5 Å². The van der Waals surface area contributed by atoms with E-state index in [2.05, 4.69) is 0 Å². The number of anilines is 2. The summed E-state index contributed by atoms with van der Waals surface area (Å²) in [6, 6.07) is 0.0853. The first kappa shape index (κ1) is 41.1. The smallest absolute Gasteiger partial charge is 0.385 e. The zero-order valence-electron chi connectivity index (χ0n) is 26.5. The van der Waals surface area contributed by atoms with Crippen LogP contribution >= 0.6 is 0 Å². The molecule has 0 saturated carbocycles. The third-order valence-electron chi connectivity index (χ3n) is 7.88. The topological polar surface area (TPSA) is 52.0 Å². The van der Waals surface area contributed by atoms with Crippen molar-refractivity contribution in [3.8, 4) is 0 Å². The molecular weight excluding hydrogens is 692 g/mol. The van der Waals surface area contributed by atoms with Crippen LogP contribution in [0.5, 0.6) is 0 Å².